The highest BCUT2D eigenvalue weighted by Crippen LogP contribution is 2.30. The van der Waals surface area contributed by atoms with Gasteiger partial charge in [0.05, 0.1) is 5.84 Å². The van der Waals surface area contributed by atoms with Gasteiger partial charge in [-0.1, -0.05) is 0 Å². The molecule has 0 saturated heterocycles. The maximum Gasteiger partial charge on any atom is 0.435 e. The van der Waals surface area contributed by atoms with Crippen molar-refractivity contribution in [1.29, 1.82) is 5.41 Å². The SMILES string of the molecule is Cn1cc(CC(=N)N)c(C(F)(F)F)n1. The number of nitrogens with one attached hydrogen (secondary N) is 1. The minimum absolute atomic E-state index is 0.0764. The molecule has 4 nitrogen and oxygen atoms in total. The second kappa shape index (κ2) is 3.32. The maximum absolute atomic E-state index is 12.3. The van der Waals surface area contributed by atoms with Gasteiger partial charge in [0.15, 0.2) is 5.69 Å². The summed E-state index contributed by atoms with van der Waals surface area (Å²) in [4.78, 5) is 0. The van der Waals surface area contributed by atoms with E-state index in [1.165, 1.54) is 13.2 Å². The molecular weight excluding hydrogens is 197 g/mol. The van der Waals surface area contributed by atoms with E-state index in [-0.39, 0.29) is 17.8 Å². The van der Waals surface area contributed by atoms with Crippen molar-refractivity contribution in [2.45, 2.75) is 12.6 Å². The maximum atomic E-state index is 12.3. The van der Waals surface area contributed by atoms with Gasteiger partial charge < -0.3 is 5.73 Å². The molecule has 0 aromatic carbocycles. The summed E-state index contributed by atoms with van der Waals surface area (Å²) in [6, 6.07) is 0. The van der Waals surface area contributed by atoms with Crippen molar-refractivity contribution >= 4 is 5.84 Å². The van der Waals surface area contributed by atoms with Gasteiger partial charge in [0.1, 0.15) is 0 Å². The predicted molar refractivity (Wildman–Crippen MR) is 43.8 cm³/mol. The highest BCUT2D eigenvalue weighted by atomic mass is 19.4. The topological polar surface area (TPSA) is 67.7 Å². The van der Waals surface area contributed by atoms with Crippen molar-refractivity contribution in [3.8, 4) is 0 Å². The molecule has 0 saturated carbocycles. The number of rotatable bonds is 2. The average Bonchev–Trinajstić information content (AvgIpc) is 2.28. The number of alkyl halides is 3. The highest BCUT2D eigenvalue weighted by Gasteiger charge is 2.36. The number of amidine groups is 1. The quantitative estimate of drug-likeness (QED) is 0.558. The lowest BCUT2D eigenvalue weighted by molar-refractivity contribution is -0.141. The van der Waals surface area contributed by atoms with Gasteiger partial charge in [0, 0.05) is 25.2 Å². The van der Waals surface area contributed by atoms with Crippen LogP contribution in [0.4, 0.5) is 13.2 Å². The predicted octanol–water partition coefficient (Wildman–Crippen LogP) is 0.917. The zero-order valence-electron chi connectivity index (χ0n) is 7.39. The summed E-state index contributed by atoms with van der Waals surface area (Å²) in [5.41, 5.74) is 3.97. The molecule has 1 aromatic rings. The van der Waals surface area contributed by atoms with Gasteiger partial charge >= 0.3 is 6.18 Å². The average molecular weight is 206 g/mol. The summed E-state index contributed by atoms with van der Waals surface area (Å²) in [6.45, 7) is 0. The Morgan fingerprint density at radius 1 is 1.64 bits per heavy atom. The second-order valence-electron chi connectivity index (χ2n) is 2.88. The van der Waals surface area contributed by atoms with Crippen molar-refractivity contribution in [1.82, 2.24) is 9.78 Å². The first-order valence-electron chi connectivity index (χ1n) is 3.73. The number of hydrogen-bond acceptors (Lipinski definition) is 2. The normalized spacial score (nSPS) is 11.7. The second-order valence-corrected chi connectivity index (χ2v) is 2.88. The lowest BCUT2D eigenvalue weighted by Gasteiger charge is -2.04. The van der Waals surface area contributed by atoms with E-state index in [1.807, 2.05) is 0 Å². The van der Waals surface area contributed by atoms with Gasteiger partial charge in [-0.15, -0.1) is 0 Å². The molecule has 0 spiro atoms. The third kappa shape index (κ3) is 2.24. The van der Waals surface area contributed by atoms with E-state index in [2.05, 4.69) is 5.10 Å². The summed E-state index contributed by atoms with van der Waals surface area (Å²) >= 11 is 0. The molecule has 0 unspecified atom stereocenters. The molecule has 1 rings (SSSR count). The van der Waals surface area contributed by atoms with Crippen molar-refractivity contribution < 1.29 is 13.2 Å². The zero-order valence-corrected chi connectivity index (χ0v) is 7.39. The van der Waals surface area contributed by atoms with Gasteiger partial charge in [-0.2, -0.15) is 18.3 Å². The molecule has 0 aliphatic rings. The lowest BCUT2D eigenvalue weighted by Crippen LogP contribution is -2.16. The Morgan fingerprint density at radius 2 is 2.21 bits per heavy atom. The first kappa shape index (κ1) is 10.6. The third-order valence-corrected chi connectivity index (χ3v) is 1.55. The van der Waals surface area contributed by atoms with Crippen LogP contribution in [-0.4, -0.2) is 15.6 Å². The molecule has 0 aliphatic heterocycles. The van der Waals surface area contributed by atoms with Crippen LogP contribution in [0.1, 0.15) is 11.3 Å². The molecule has 0 amide bonds. The minimum atomic E-state index is -4.49. The van der Waals surface area contributed by atoms with Crippen LogP contribution in [0.25, 0.3) is 0 Å². The van der Waals surface area contributed by atoms with Crippen LogP contribution in [0.3, 0.4) is 0 Å². The van der Waals surface area contributed by atoms with Gasteiger partial charge in [0.25, 0.3) is 0 Å². The minimum Gasteiger partial charge on any atom is -0.387 e. The summed E-state index contributed by atoms with van der Waals surface area (Å²) in [5, 5.41) is 10.2. The fourth-order valence-electron chi connectivity index (χ4n) is 1.11. The summed E-state index contributed by atoms with van der Waals surface area (Å²) in [7, 11) is 1.39. The fourth-order valence-corrected chi connectivity index (χ4v) is 1.11. The van der Waals surface area contributed by atoms with Crippen LogP contribution >= 0.6 is 0 Å². The zero-order chi connectivity index (χ0) is 10.9. The molecule has 0 radical (unpaired) electrons. The molecule has 7 heteroatoms. The van der Waals surface area contributed by atoms with E-state index in [0.717, 1.165) is 4.68 Å². The Morgan fingerprint density at radius 3 is 2.64 bits per heavy atom. The van der Waals surface area contributed by atoms with E-state index in [4.69, 9.17) is 11.1 Å². The Balaban J connectivity index is 3.09. The van der Waals surface area contributed by atoms with Crippen LogP contribution in [0.15, 0.2) is 6.20 Å². The van der Waals surface area contributed by atoms with E-state index < -0.39 is 11.9 Å². The largest absolute Gasteiger partial charge is 0.435 e. The van der Waals surface area contributed by atoms with Crippen molar-refractivity contribution in [3.05, 3.63) is 17.5 Å². The molecule has 1 aromatic heterocycles. The van der Waals surface area contributed by atoms with Crippen LogP contribution < -0.4 is 5.73 Å². The summed E-state index contributed by atoms with van der Waals surface area (Å²) < 4.78 is 38.0. The number of nitrogens with zero attached hydrogens (tertiary/aromatic N) is 2. The molecule has 1 heterocycles. The first-order valence-corrected chi connectivity index (χ1v) is 3.73. The van der Waals surface area contributed by atoms with Crippen molar-refractivity contribution in [2.75, 3.05) is 0 Å². The highest BCUT2D eigenvalue weighted by molar-refractivity contribution is 5.79. The van der Waals surface area contributed by atoms with Crippen LogP contribution in [0, 0.1) is 5.41 Å². The van der Waals surface area contributed by atoms with E-state index >= 15 is 0 Å². The Labute approximate surface area is 78.0 Å². The van der Waals surface area contributed by atoms with E-state index in [9.17, 15) is 13.2 Å². The molecule has 78 valence electrons. The Hall–Kier alpha value is -1.53. The fraction of sp³-hybridized carbons (Fsp3) is 0.429. The molecule has 0 fully saturated rings. The number of nitrogens with two attached hydrogens (primary N) is 1. The van der Waals surface area contributed by atoms with Gasteiger partial charge in [-0.3, -0.25) is 10.1 Å². The van der Waals surface area contributed by atoms with E-state index in [1.54, 1.807) is 0 Å². The smallest absolute Gasteiger partial charge is 0.387 e. The van der Waals surface area contributed by atoms with Gasteiger partial charge in [-0.05, 0) is 0 Å². The van der Waals surface area contributed by atoms with E-state index in [0.29, 0.717) is 0 Å². The summed E-state index contributed by atoms with van der Waals surface area (Å²) in [5.74, 6) is -0.316. The molecule has 14 heavy (non-hydrogen) atoms. The summed E-state index contributed by atoms with van der Waals surface area (Å²) in [6.07, 6.45) is -3.51. The molecule has 0 atom stereocenters. The van der Waals surface area contributed by atoms with Gasteiger partial charge in [0.2, 0.25) is 0 Å². The molecular formula is C7H9F3N4. The van der Waals surface area contributed by atoms with Crippen LogP contribution in [-0.2, 0) is 19.6 Å². The molecule has 3 N–H and O–H groups in total. The Bertz CT molecular complexity index is 352. The number of aryl methyl sites for hydroxylation is 1. The third-order valence-electron chi connectivity index (χ3n) is 1.55. The van der Waals surface area contributed by atoms with Crippen molar-refractivity contribution in [2.24, 2.45) is 12.8 Å². The van der Waals surface area contributed by atoms with Crippen LogP contribution in [0.2, 0.25) is 0 Å². The number of hydrogen-bond donors (Lipinski definition) is 2. The standard InChI is InChI=1S/C7H9F3N4/c1-14-3-4(2-5(11)12)6(13-14)7(8,9)10/h3H,2H2,1H3,(H3,11,12). The van der Waals surface area contributed by atoms with Gasteiger partial charge in [-0.25, -0.2) is 0 Å². The molecule has 0 bridgehead atoms. The molecule has 0 aliphatic carbocycles. The monoisotopic (exact) mass is 206 g/mol. The lowest BCUT2D eigenvalue weighted by atomic mass is 10.1. The Kier molecular flexibility index (Phi) is 2.50. The number of aromatic nitrogens is 2. The number of halogens is 3. The van der Waals surface area contributed by atoms with Crippen LogP contribution in [0.5, 0.6) is 0 Å². The van der Waals surface area contributed by atoms with Crippen molar-refractivity contribution in [3.63, 3.8) is 0 Å². The first-order chi connectivity index (χ1) is 6.30.